The van der Waals surface area contributed by atoms with Gasteiger partial charge in [-0.05, 0) is 56.9 Å². The zero-order valence-electron chi connectivity index (χ0n) is 21.4. The van der Waals surface area contributed by atoms with E-state index in [0.717, 1.165) is 18.0 Å². The molecule has 1 aromatic carbocycles. The van der Waals surface area contributed by atoms with Gasteiger partial charge in [0.05, 0.1) is 0 Å². The molecule has 0 saturated carbocycles. The third-order valence-corrected chi connectivity index (χ3v) is 7.29. The van der Waals surface area contributed by atoms with Crippen molar-refractivity contribution in [2.75, 3.05) is 26.2 Å². The van der Waals surface area contributed by atoms with E-state index in [9.17, 15) is 19.2 Å². The first-order chi connectivity index (χ1) is 17.2. The number of carbonyl (C=O) groups is 4. The second kappa shape index (κ2) is 12.2. The van der Waals surface area contributed by atoms with Gasteiger partial charge < -0.3 is 25.4 Å². The highest BCUT2D eigenvalue weighted by Gasteiger charge is 2.62. The van der Waals surface area contributed by atoms with Crippen LogP contribution < -0.4 is 15.4 Å². The largest absolute Gasteiger partial charge is 0.481 e. The van der Waals surface area contributed by atoms with Crippen molar-refractivity contribution in [3.63, 3.8) is 0 Å². The SMILES string of the molecule is CCC1(CC)C(=O)N(C(=O)NCCCCCC(=O)O)C1Oc1ccc(C(=O)N2CCNCC2C)cc1. The summed E-state index contributed by atoms with van der Waals surface area (Å²) in [5.74, 6) is -0.651. The first-order valence-corrected chi connectivity index (χ1v) is 12.9. The molecule has 198 valence electrons. The van der Waals surface area contributed by atoms with Crippen molar-refractivity contribution >= 4 is 23.8 Å². The number of aliphatic carboxylic acids is 1. The number of carbonyl (C=O) groups excluding carboxylic acids is 3. The Hall–Kier alpha value is -3.14. The van der Waals surface area contributed by atoms with Crippen molar-refractivity contribution in [2.24, 2.45) is 5.41 Å². The number of hydrogen-bond donors (Lipinski definition) is 3. The van der Waals surface area contributed by atoms with Gasteiger partial charge in [-0.15, -0.1) is 0 Å². The normalized spacial score (nSPS) is 21.0. The molecule has 2 aliphatic heterocycles. The average molecular weight is 503 g/mol. The van der Waals surface area contributed by atoms with Crippen LogP contribution in [0.15, 0.2) is 24.3 Å². The lowest BCUT2D eigenvalue weighted by Crippen LogP contribution is -2.73. The zero-order valence-corrected chi connectivity index (χ0v) is 21.4. The summed E-state index contributed by atoms with van der Waals surface area (Å²) in [7, 11) is 0. The van der Waals surface area contributed by atoms with Gasteiger partial charge in [0.1, 0.15) is 11.2 Å². The molecular weight excluding hydrogens is 464 g/mol. The number of carboxylic acid groups (broad SMARTS) is 1. The maximum atomic E-state index is 13.0. The molecule has 2 aliphatic rings. The van der Waals surface area contributed by atoms with Gasteiger partial charge in [-0.3, -0.25) is 14.4 Å². The number of carboxylic acids is 1. The van der Waals surface area contributed by atoms with Crippen LogP contribution in [-0.4, -0.2) is 77.2 Å². The molecule has 0 spiro atoms. The fraction of sp³-hybridized carbons (Fsp3) is 0.615. The molecule has 0 aromatic heterocycles. The maximum absolute atomic E-state index is 13.0. The highest BCUT2D eigenvalue weighted by Crippen LogP contribution is 2.46. The highest BCUT2D eigenvalue weighted by atomic mass is 16.5. The summed E-state index contributed by atoms with van der Waals surface area (Å²) in [6.07, 6.45) is 2.25. The van der Waals surface area contributed by atoms with Crippen molar-refractivity contribution in [1.82, 2.24) is 20.4 Å². The van der Waals surface area contributed by atoms with E-state index in [0.29, 0.717) is 56.5 Å². The number of amides is 4. The highest BCUT2D eigenvalue weighted by molar-refractivity contribution is 6.03. The molecule has 10 nitrogen and oxygen atoms in total. The Morgan fingerprint density at radius 2 is 1.83 bits per heavy atom. The fourth-order valence-electron chi connectivity index (χ4n) is 4.87. The Balaban J connectivity index is 1.63. The van der Waals surface area contributed by atoms with E-state index < -0.39 is 23.6 Å². The Labute approximate surface area is 212 Å². The summed E-state index contributed by atoms with van der Waals surface area (Å²) < 4.78 is 6.17. The summed E-state index contributed by atoms with van der Waals surface area (Å²) in [5, 5.41) is 14.7. The Kier molecular flexibility index (Phi) is 9.31. The van der Waals surface area contributed by atoms with Crippen LogP contribution in [0.25, 0.3) is 0 Å². The van der Waals surface area contributed by atoms with E-state index in [2.05, 4.69) is 10.6 Å². The third-order valence-electron chi connectivity index (χ3n) is 7.29. The lowest BCUT2D eigenvalue weighted by Gasteiger charge is -2.53. The minimum atomic E-state index is -0.837. The summed E-state index contributed by atoms with van der Waals surface area (Å²) in [6, 6.07) is 6.44. The van der Waals surface area contributed by atoms with E-state index in [4.69, 9.17) is 9.84 Å². The number of unbranched alkanes of at least 4 members (excludes halogenated alkanes) is 2. The van der Waals surface area contributed by atoms with Gasteiger partial charge >= 0.3 is 12.0 Å². The number of nitrogens with zero attached hydrogens (tertiary/aromatic N) is 2. The lowest BCUT2D eigenvalue weighted by molar-refractivity contribution is -0.190. The monoisotopic (exact) mass is 502 g/mol. The third kappa shape index (κ3) is 5.80. The Morgan fingerprint density at radius 1 is 1.14 bits per heavy atom. The molecule has 2 unspecified atom stereocenters. The second-order valence-corrected chi connectivity index (χ2v) is 9.52. The number of urea groups is 1. The molecular formula is C26H38N4O6. The second-order valence-electron chi connectivity index (χ2n) is 9.52. The number of likely N-dealkylation sites (tertiary alicyclic amines) is 1. The van der Waals surface area contributed by atoms with E-state index >= 15 is 0 Å². The van der Waals surface area contributed by atoms with Crippen molar-refractivity contribution < 1.29 is 29.0 Å². The van der Waals surface area contributed by atoms with Gasteiger partial charge in [0.15, 0.2) is 6.23 Å². The molecule has 2 heterocycles. The average Bonchev–Trinajstić information content (AvgIpc) is 2.87. The topological polar surface area (TPSA) is 128 Å². The molecule has 4 amide bonds. The number of piperazine rings is 1. The molecule has 0 radical (unpaired) electrons. The van der Waals surface area contributed by atoms with Gasteiger partial charge in [0.25, 0.3) is 5.91 Å². The Bertz CT molecular complexity index is 946. The molecule has 3 rings (SSSR count). The van der Waals surface area contributed by atoms with Crippen LogP contribution in [0.3, 0.4) is 0 Å². The van der Waals surface area contributed by atoms with E-state index in [-0.39, 0.29) is 24.3 Å². The summed E-state index contributed by atoms with van der Waals surface area (Å²) in [6.45, 7) is 8.36. The molecule has 36 heavy (non-hydrogen) atoms. The van der Waals surface area contributed by atoms with Crippen LogP contribution in [0.1, 0.15) is 69.7 Å². The summed E-state index contributed by atoms with van der Waals surface area (Å²) in [5.41, 5.74) is -0.223. The standard InChI is InChI=1S/C26H38N4O6/c1-4-26(5-2)23(34)30(25(35)28-14-8-6-7-9-21(31)32)24(26)36-20-12-10-19(11-13-20)22(33)29-16-15-27-17-18(29)3/h10-13,18,24,27H,4-9,14-17H2,1-3H3,(H,28,35)(H,31,32). The minimum Gasteiger partial charge on any atom is -0.481 e. The van der Waals surface area contributed by atoms with E-state index in [1.54, 1.807) is 24.3 Å². The molecule has 10 heteroatoms. The molecule has 0 aliphatic carbocycles. The lowest BCUT2D eigenvalue weighted by atomic mass is 9.72. The van der Waals surface area contributed by atoms with Crippen molar-refractivity contribution in [1.29, 1.82) is 0 Å². The van der Waals surface area contributed by atoms with Crippen LogP contribution >= 0.6 is 0 Å². The van der Waals surface area contributed by atoms with Gasteiger partial charge in [0.2, 0.25) is 5.91 Å². The quantitative estimate of drug-likeness (QED) is 0.314. The molecule has 2 saturated heterocycles. The molecule has 0 bridgehead atoms. The number of ether oxygens (including phenoxy) is 1. The number of benzene rings is 1. The van der Waals surface area contributed by atoms with Crippen LogP contribution in [0.2, 0.25) is 0 Å². The minimum absolute atomic E-state index is 0.0322. The number of hydrogen-bond acceptors (Lipinski definition) is 6. The van der Waals surface area contributed by atoms with Crippen LogP contribution in [0, 0.1) is 5.41 Å². The van der Waals surface area contributed by atoms with Gasteiger partial charge in [-0.2, -0.15) is 0 Å². The summed E-state index contributed by atoms with van der Waals surface area (Å²) >= 11 is 0. The first-order valence-electron chi connectivity index (χ1n) is 12.9. The molecule has 1 aromatic rings. The number of β-lactam (4-membered cyclic amide) rings is 1. The molecule has 2 atom stereocenters. The summed E-state index contributed by atoms with van der Waals surface area (Å²) in [4.78, 5) is 52.3. The number of imide groups is 1. The first kappa shape index (κ1) is 27.4. The Morgan fingerprint density at radius 3 is 2.44 bits per heavy atom. The predicted octanol–water partition coefficient (Wildman–Crippen LogP) is 2.83. The van der Waals surface area contributed by atoms with Crippen molar-refractivity contribution in [3.8, 4) is 5.75 Å². The van der Waals surface area contributed by atoms with Crippen LogP contribution in [0.4, 0.5) is 4.79 Å². The predicted molar refractivity (Wildman–Crippen MR) is 134 cm³/mol. The number of rotatable bonds is 11. The molecule has 2 fully saturated rings. The maximum Gasteiger partial charge on any atom is 0.327 e. The van der Waals surface area contributed by atoms with Crippen LogP contribution in [0.5, 0.6) is 5.75 Å². The van der Waals surface area contributed by atoms with Gasteiger partial charge in [-0.1, -0.05) is 20.3 Å². The zero-order chi connectivity index (χ0) is 26.3. The van der Waals surface area contributed by atoms with Crippen molar-refractivity contribution in [3.05, 3.63) is 29.8 Å². The number of nitrogens with one attached hydrogen (secondary N) is 2. The van der Waals surface area contributed by atoms with Crippen LogP contribution in [-0.2, 0) is 9.59 Å². The fourth-order valence-corrected chi connectivity index (χ4v) is 4.87. The molecule has 3 N–H and O–H groups in total. The van der Waals surface area contributed by atoms with Crippen molar-refractivity contribution in [2.45, 2.75) is 71.6 Å². The smallest absolute Gasteiger partial charge is 0.327 e. The van der Waals surface area contributed by atoms with E-state index in [1.165, 1.54) is 0 Å². The van der Waals surface area contributed by atoms with Gasteiger partial charge in [-0.25, -0.2) is 9.69 Å². The van der Waals surface area contributed by atoms with Gasteiger partial charge in [0, 0.05) is 44.2 Å². The van der Waals surface area contributed by atoms with E-state index in [1.807, 2.05) is 25.7 Å².